The molecule has 140 valence electrons. The van der Waals surface area contributed by atoms with Crippen molar-refractivity contribution in [1.82, 2.24) is 4.90 Å². The maximum Gasteiger partial charge on any atom is 0.244 e. The van der Waals surface area contributed by atoms with Crippen molar-refractivity contribution in [2.75, 3.05) is 11.9 Å². The molecule has 0 aromatic heterocycles. The van der Waals surface area contributed by atoms with E-state index in [0.29, 0.717) is 0 Å². The lowest BCUT2D eigenvalue weighted by Gasteiger charge is -2.31. The summed E-state index contributed by atoms with van der Waals surface area (Å²) in [7, 11) is 0. The van der Waals surface area contributed by atoms with Crippen LogP contribution in [0.15, 0.2) is 78.9 Å². The molecule has 0 bridgehead atoms. The van der Waals surface area contributed by atoms with Crippen molar-refractivity contribution in [2.24, 2.45) is 0 Å². The maximum atomic E-state index is 13.3. The molecule has 1 heterocycles. The van der Waals surface area contributed by atoms with E-state index in [1.54, 1.807) is 4.90 Å². The Hall–Kier alpha value is -3.40. The van der Waals surface area contributed by atoms with Crippen LogP contribution in [0.3, 0.4) is 0 Å². The van der Waals surface area contributed by atoms with Crippen LogP contribution in [-0.2, 0) is 16.0 Å². The molecule has 1 atom stereocenters. The molecule has 1 unspecified atom stereocenters. The first-order valence-corrected chi connectivity index (χ1v) is 9.40. The number of aryl methyl sites for hydroxylation is 1. The van der Waals surface area contributed by atoms with Crippen LogP contribution >= 0.6 is 0 Å². The summed E-state index contributed by atoms with van der Waals surface area (Å²) >= 11 is 0. The fourth-order valence-electron chi connectivity index (χ4n) is 3.72. The molecule has 2 amide bonds. The molecular weight excluding hydrogens is 348 g/mol. The molecule has 4 rings (SSSR count). The minimum Gasteiger partial charge on any atom is -0.324 e. The molecule has 0 aliphatic carbocycles. The monoisotopic (exact) mass is 370 g/mol. The largest absolute Gasteiger partial charge is 0.324 e. The normalized spacial score (nSPS) is 16.1. The zero-order valence-corrected chi connectivity index (χ0v) is 15.8. The highest BCUT2D eigenvalue weighted by Gasteiger charge is 2.33. The topological polar surface area (TPSA) is 49.4 Å². The summed E-state index contributed by atoms with van der Waals surface area (Å²) in [4.78, 5) is 27.6. The lowest BCUT2D eigenvalue weighted by Crippen LogP contribution is -2.39. The van der Waals surface area contributed by atoms with Gasteiger partial charge in [-0.15, -0.1) is 0 Å². The molecule has 0 saturated carbocycles. The standard InChI is InChI=1S/C24H22N2O2/c1-17-12-13-21-20(14-17)24(19-10-6-3-7-11-19)26(16-22(27)25-21)23(28)15-18-8-4-2-5-9-18/h2-14,24H,15-16H2,1H3,(H,25,27). The van der Waals surface area contributed by atoms with Crippen LogP contribution < -0.4 is 5.32 Å². The predicted molar refractivity (Wildman–Crippen MR) is 110 cm³/mol. The maximum absolute atomic E-state index is 13.3. The second-order valence-corrected chi connectivity index (χ2v) is 7.14. The second kappa shape index (κ2) is 7.69. The Morgan fingerprint density at radius 3 is 2.39 bits per heavy atom. The summed E-state index contributed by atoms with van der Waals surface area (Å²) in [6.07, 6.45) is 0.263. The molecule has 1 aliphatic rings. The number of hydrogen-bond donors (Lipinski definition) is 1. The highest BCUT2D eigenvalue weighted by atomic mass is 16.2. The van der Waals surface area contributed by atoms with Crippen LogP contribution in [0, 0.1) is 6.92 Å². The number of benzene rings is 3. The zero-order chi connectivity index (χ0) is 19.5. The third kappa shape index (κ3) is 3.67. The minimum absolute atomic E-state index is 0.0267. The van der Waals surface area contributed by atoms with Gasteiger partial charge in [0.2, 0.25) is 11.8 Å². The van der Waals surface area contributed by atoms with Gasteiger partial charge in [0.1, 0.15) is 6.54 Å². The van der Waals surface area contributed by atoms with E-state index in [9.17, 15) is 9.59 Å². The highest BCUT2D eigenvalue weighted by Crippen LogP contribution is 2.36. The van der Waals surface area contributed by atoms with Gasteiger partial charge in [0, 0.05) is 11.3 Å². The van der Waals surface area contributed by atoms with Gasteiger partial charge < -0.3 is 10.2 Å². The molecular formula is C24H22N2O2. The predicted octanol–water partition coefficient (Wildman–Crippen LogP) is 4.11. The van der Waals surface area contributed by atoms with E-state index >= 15 is 0 Å². The van der Waals surface area contributed by atoms with Gasteiger partial charge in [0.15, 0.2) is 0 Å². The van der Waals surface area contributed by atoms with E-state index in [0.717, 1.165) is 27.9 Å². The Bertz CT molecular complexity index is 1000. The van der Waals surface area contributed by atoms with Crippen LogP contribution in [0.2, 0.25) is 0 Å². The van der Waals surface area contributed by atoms with Crippen molar-refractivity contribution < 1.29 is 9.59 Å². The number of hydrogen-bond acceptors (Lipinski definition) is 2. The molecule has 0 spiro atoms. The smallest absolute Gasteiger partial charge is 0.244 e. The Balaban J connectivity index is 1.80. The molecule has 28 heavy (non-hydrogen) atoms. The van der Waals surface area contributed by atoms with Crippen LogP contribution in [0.4, 0.5) is 5.69 Å². The molecule has 4 heteroatoms. The van der Waals surface area contributed by atoms with Crippen molar-refractivity contribution in [3.8, 4) is 0 Å². The molecule has 1 aliphatic heterocycles. The first-order valence-electron chi connectivity index (χ1n) is 9.40. The van der Waals surface area contributed by atoms with E-state index in [1.807, 2.05) is 79.7 Å². The van der Waals surface area contributed by atoms with Gasteiger partial charge in [0.25, 0.3) is 0 Å². The van der Waals surface area contributed by atoms with Gasteiger partial charge in [-0.1, -0.05) is 78.4 Å². The van der Waals surface area contributed by atoms with Crippen molar-refractivity contribution in [1.29, 1.82) is 0 Å². The first kappa shape index (κ1) is 18.0. The number of carbonyl (C=O) groups excluding carboxylic acids is 2. The Morgan fingerprint density at radius 2 is 1.68 bits per heavy atom. The number of amides is 2. The summed E-state index contributed by atoms with van der Waals surface area (Å²) in [5.74, 6) is -0.241. The Labute approximate surface area is 164 Å². The van der Waals surface area contributed by atoms with Gasteiger partial charge in [-0.2, -0.15) is 0 Å². The lowest BCUT2D eigenvalue weighted by molar-refractivity contribution is -0.135. The summed E-state index contributed by atoms with van der Waals surface area (Å²) < 4.78 is 0. The van der Waals surface area contributed by atoms with E-state index in [2.05, 4.69) is 11.4 Å². The number of carbonyl (C=O) groups is 2. The molecule has 3 aromatic carbocycles. The molecule has 0 saturated heterocycles. The minimum atomic E-state index is -0.314. The van der Waals surface area contributed by atoms with Gasteiger partial charge >= 0.3 is 0 Å². The molecule has 0 radical (unpaired) electrons. The first-order chi connectivity index (χ1) is 13.6. The quantitative estimate of drug-likeness (QED) is 0.754. The van der Waals surface area contributed by atoms with Crippen LogP contribution in [0.5, 0.6) is 0 Å². The lowest BCUT2D eigenvalue weighted by atomic mass is 9.94. The number of nitrogens with zero attached hydrogens (tertiary/aromatic N) is 1. The van der Waals surface area contributed by atoms with Crippen molar-refractivity contribution >= 4 is 17.5 Å². The number of anilines is 1. The Kier molecular flexibility index (Phi) is 4.94. The Morgan fingerprint density at radius 1 is 1.00 bits per heavy atom. The number of nitrogens with one attached hydrogen (secondary N) is 1. The van der Waals surface area contributed by atoms with Crippen LogP contribution in [0.25, 0.3) is 0 Å². The van der Waals surface area contributed by atoms with Gasteiger partial charge in [-0.05, 0) is 24.1 Å². The third-order valence-corrected chi connectivity index (χ3v) is 5.04. The summed E-state index contributed by atoms with van der Waals surface area (Å²) in [5.41, 5.74) is 4.73. The van der Waals surface area contributed by atoms with Gasteiger partial charge in [0.05, 0.1) is 12.5 Å². The molecule has 3 aromatic rings. The average Bonchev–Trinajstić information content (AvgIpc) is 2.85. The molecule has 0 fully saturated rings. The summed E-state index contributed by atoms with van der Waals surface area (Å²) in [6.45, 7) is 2.05. The highest BCUT2D eigenvalue weighted by molar-refractivity contribution is 5.97. The van der Waals surface area contributed by atoms with Crippen molar-refractivity contribution in [3.63, 3.8) is 0 Å². The van der Waals surface area contributed by atoms with Crippen LogP contribution in [0.1, 0.15) is 28.3 Å². The van der Waals surface area contributed by atoms with Crippen LogP contribution in [-0.4, -0.2) is 23.3 Å². The van der Waals surface area contributed by atoms with E-state index in [1.165, 1.54) is 0 Å². The third-order valence-electron chi connectivity index (χ3n) is 5.04. The summed E-state index contributed by atoms with van der Waals surface area (Å²) in [6, 6.07) is 25.2. The second-order valence-electron chi connectivity index (χ2n) is 7.14. The van der Waals surface area contributed by atoms with Gasteiger partial charge in [-0.3, -0.25) is 9.59 Å². The number of fused-ring (bicyclic) bond motifs is 1. The van der Waals surface area contributed by atoms with E-state index in [4.69, 9.17) is 0 Å². The summed E-state index contributed by atoms with van der Waals surface area (Å²) in [5, 5.41) is 2.97. The van der Waals surface area contributed by atoms with Gasteiger partial charge in [-0.25, -0.2) is 0 Å². The fourth-order valence-corrected chi connectivity index (χ4v) is 3.72. The average molecular weight is 370 g/mol. The molecule has 4 nitrogen and oxygen atoms in total. The molecule has 1 N–H and O–H groups in total. The van der Waals surface area contributed by atoms with E-state index < -0.39 is 0 Å². The zero-order valence-electron chi connectivity index (χ0n) is 15.8. The van der Waals surface area contributed by atoms with Crippen molar-refractivity contribution in [3.05, 3.63) is 101 Å². The van der Waals surface area contributed by atoms with E-state index in [-0.39, 0.29) is 30.8 Å². The fraction of sp³-hybridized carbons (Fsp3) is 0.167. The van der Waals surface area contributed by atoms with Crippen molar-refractivity contribution in [2.45, 2.75) is 19.4 Å². The SMILES string of the molecule is Cc1ccc2c(c1)C(c1ccccc1)N(C(=O)Cc1ccccc1)CC(=O)N2. The number of rotatable bonds is 3.